The van der Waals surface area contributed by atoms with E-state index < -0.39 is 0 Å². The van der Waals surface area contributed by atoms with Crippen molar-refractivity contribution >= 4 is 27.7 Å². The van der Waals surface area contributed by atoms with E-state index in [1.807, 2.05) is 0 Å². The first-order chi connectivity index (χ1) is 7.63. The van der Waals surface area contributed by atoms with Crippen molar-refractivity contribution < 1.29 is 0 Å². The number of aromatic nitrogens is 2. The van der Waals surface area contributed by atoms with Crippen LogP contribution in [-0.2, 0) is 0 Å². The maximum Gasteiger partial charge on any atom is 0.225 e. The second-order valence-electron chi connectivity index (χ2n) is 4.18. The Morgan fingerprint density at radius 3 is 3.06 bits per heavy atom. The van der Waals surface area contributed by atoms with E-state index in [2.05, 4.69) is 43.2 Å². The number of nitrogens with one attached hydrogen (secondary N) is 1. The minimum Gasteiger partial charge on any atom is -0.383 e. The zero-order valence-corrected chi connectivity index (χ0v) is 10.9. The Morgan fingerprint density at radius 2 is 2.38 bits per heavy atom. The molecular formula is C10H16BrN5. The molecule has 1 fully saturated rings. The van der Waals surface area contributed by atoms with Crippen molar-refractivity contribution in [2.24, 2.45) is 0 Å². The van der Waals surface area contributed by atoms with Crippen molar-refractivity contribution in [1.29, 1.82) is 0 Å². The smallest absolute Gasteiger partial charge is 0.225 e. The molecule has 1 aromatic heterocycles. The summed E-state index contributed by atoms with van der Waals surface area (Å²) in [4.78, 5) is 10.7. The number of likely N-dealkylation sites (N-methyl/N-ethyl adjacent to an activating group) is 1. The zero-order valence-electron chi connectivity index (χ0n) is 9.28. The molecule has 2 heterocycles. The summed E-state index contributed by atoms with van der Waals surface area (Å²) in [7, 11) is 2.13. The van der Waals surface area contributed by atoms with Crippen molar-refractivity contribution in [2.45, 2.75) is 18.9 Å². The van der Waals surface area contributed by atoms with Crippen molar-refractivity contribution in [3.05, 3.63) is 10.7 Å². The molecule has 1 aliphatic rings. The maximum absolute atomic E-state index is 5.66. The third kappa shape index (κ3) is 3.05. The number of nitrogens with zero attached hydrogens (tertiary/aromatic N) is 3. The van der Waals surface area contributed by atoms with E-state index >= 15 is 0 Å². The van der Waals surface area contributed by atoms with Gasteiger partial charge in [0.25, 0.3) is 0 Å². The van der Waals surface area contributed by atoms with Crippen LogP contribution >= 0.6 is 15.9 Å². The summed E-state index contributed by atoms with van der Waals surface area (Å²) in [5.41, 5.74) is 5.66. The van der Waals surface area contributed by atoms with Gasteiger partial charge in [0.05, 0.1) is 0 Å². The van der Waals surface area contributed by atoms with E-state index in [-0.39, 0.29) is 0 Å². The Labute approximate surface area is 104 Å². The highest BCUT2D eigenvalue weighted by Gasteiger charge is 2.17. The number of hydrogen-bond acceptors (Lipinski definition) is 5. The van der Waals surface area contributed by atoms with Crippen LogP contribution in [-0.4, -0.2) is 41.0 Å². The van der Waals surface area contributed by atoms with Crippen molar-refractivity contribution in [3.63, 3.8) is 0 Å². The number of anilines is 2. The van der Waals surface area contributed by atoms with Crippen LogP contribution in [0.1, 0.15) is 12.8 Å². The molecule has 2 rings (SSSR count). The topological polar surface area (TPSA) is 67.1 Å². The second kappa shape index (κ2) is 4.97. The summed E-state index contributed by atoms with van der Waals surface area (Å²) >= 11 is 3.31. The van der Waals surface area contributed by atoms with Gasteiger partial charge in [-0.25, -0.2) is 4.98 Å². The minimum absolute atomic E-state index is 0.410. The van der Waals surface area contributed by atoms with Crippen LogP contribution in [0.5, 0.6) is 0 Å². The highest BCUT2D eigenvalue weighted by atomic mass is 79.9. The summed E-state index contributed by atoms with van der Waals surface area (Å²) < 4.78 is 0.715. The lowest BCUT2D eigenvalue weighted by atomic mass is 10.1. The van der Waals surface area contributed by atoms with Crippen LogP contribution in [0.3, 0.4) is 0 Å². The summed E-state index contributed by atoms with van der Waals surface area (Å²) in [6.07, 6.45) is 2.36. The average Bonchev–Trinajstić information content (AvgIpc) is 2.15. The fraction of sp³-hybridized carbons (Fsp3) is 0.600. The van der Waals surface area contributed by atoms with E-state index in [1.165, 1.54) is 13.0 Å². The largest absolute Gasteiger partial charge is 0.383 e. The lowest BCUT2D eigenvalue weighted by Crippen LogP contribution is -2.40. The van der Waals surface area contributed by atoms with Crippen molar-refractivity contribution in [3.8, 4) is 0 Å². The molecule has 88 valence electrons. The Hall–Kier alpha value is -0.880. The van der Waals surface area contributed by atoms with E-state index in [1.54, 1.807) is 6.07 Å². The number of nitrogens with two attached hydrogens (primary N) is 1. The van der Waals surface area contributed by atoms with E-state index in [0.717, 1.165) is 13.0 Å². The predicted molar refractivity (Wildman–Crippen MR) is 68.3 cm³/mol. The highest BCUT2D eigenvalue weighted by Crippen LogP contribution is 2.16. The fourth-order valence-corrected chi connectivity index (χ4v) is 2.37. The van der Waals surface area contributed by atoms with Gasteiger partial charge in [0.15, 0.2) is 0 Å². The maximum atomic E-state index is 5.66. The van der Waals surface area contributed by atoms with Gasteiger partial charge in [0.1, 0.15) is 10.4 Å². The third-order valence-corrected chi connectivity index (χ3v) is 3.08. The van der Waals surface area contributed by atoms with Crippen LogP contribution in [0, 0.1) is 0 Å². The lowest BCUT2D eigenvalue weighted by Gasteiger charge is -2.30. The van der Waals surface area contributed by atoms with Gasteiger partial charge in [-0.1, -0.05) is 0 Å². The molecule has 16 heavy (non-hydrogen) atoms. The van der Waals surface area contributed by atoms with Crippen LogP contribution in [0.2, 0.25) is 0 Å². The Balaban J connectivity index is 2.02. The molecule has 1 unspecified atom stereocenters. The minimum atomic E-state index is 0.410. The van der Waals surface area contributed by atoms with Gasteiger partial charge in [-0.05, 0) is 42.4 Å². The van der Waals surface area contributed by atoms with E-state index in [9.17, 15) is 0 Å². The molecule has 0 aliphatic carbocycles. The molecule has 1 atom stereocenters. The molecule has 0 saturated carbocycles. The Morgan fingerprint density at radius 1 is 1.56 bits per heavy atom. The molecule has 3 N–H and O–H groups in total. The fourth-order valence-electron chi connectivity index (χ4n) is 1.97. The second-order valence-corrected chi connectivity index (χ2v) is 5.00. The highest BCUT2D eigenvalue weighted by molar-refractivity contribution is 9.10. The summed E-state index contributed by atoms with van der Waals surface area (Å²) in [6.45, 7) is 2.19. The molecule has 5 nitrogen and oxygen atoms in total. The molecule has 0 aromatic carbocycles. The average molecular weight is 286 g/mol. The lowest BCUT2D eigenvalue weighted by molar-refractivity contribution is 0.260. The molecule has 1 aromatic rings. The van der Waals surface area contributed by atoms with Crippen molar-refractivity contribution in [2.75, 3.05) is 31.2 Å². The summed E-state index contributed by atoms with van der Waals surface area (Å²) in [5, 5.41) is 3.32. The van der Waals surface area contributed by atoms with Gasteiger partial charge in [0.2, 0.25) is 5.95 Å². The zero-order chi connectivity index (χ0) is 11.5. The Kier molecular flexibility index (Phi) is 3.60. The molecule has 0 radical (unpaired) electrons. The monoisotopic (exact) mass is 285 g/mol. The van der Waals surface area contributed by atoms with Gasteiger partial charge < -0.3 is 16.0 Å². The summed E-state index contributed by atoms with van der Waals surface area (Å²) in [5.74, 6) is 1.08. The first kappa shape index (κ1) is 11.6. The molecule has 0 spiro atoms. The van der Waals surface area contributed by atoms with Crippen LogP contribution in [0.4, 0.5) is 11.8 Å². The number of halogens is 1. The van der Waals surface area contributed by atoms with Crippen molar-refractivity contribution in [1.82, 2.24) is 14.9 Å². The SMILES string of the molecule is CN1CCCC(Nc2nc(N)cc(Br)n2)C1. The molecule has 0 amide bonds. The number of piperidine rings is 1. The van der Waals surface area contributed by atoms with Gasteiger partial charge in [0, 0.05) is 18.7 Å². The number of nitrogen functional groups attached to an aromatic ring is 1. The van der Waals surface area contributed by atoms with Gasteiger partial charge >= 0.3 is 0 Å². The number of hydrogen-bond donors (Lipinski definition) is 2. The van der Waals surface area contributed by atoms with Crippen LogP contribution in [0.15, 0.2) is 10.7 Å². The van der Waals surface area contributed by atoms with E-state index in [0.29, 0.717) is 22.4 Å². The predicted octanol–water partition coefficient (Wildman–Crippen LogP) is 1.33. The first-order valence-electron chi connectivity index (χ1n) is 5.38. The standard InChI is InChI=1S/C10H16BrN5/c1-16-4-2-3-7(6-16)13-10-14-8(11)5-9(12)15-10/h5,7H,2-4,6H2,1H3,(H3,12,13,14,15). The number of rotatable bonds is 2. The number of likely N-dealkylation sites (tertiary alicyclic amines) is 1. The quantitative estimate of drug-likeness (QED) is 0.803. The molecule has 1 saturated heterocycles. The van der Waals surface area contributed by atoms with Crippen LogP contribution in [0.25, 0.3) is 0 Å². The van der Waals surface area contributed by atoms with Crippen LogP contribution < -0.4 is 11.1 Å². The van der Waals surface area contributed by atoms with Gasteiger partial charge in [-0.2, -0.15) is 4.98 Å². The molecule has 0 bridgehead atoms. The van der Waals surface area contributed by atoms with Gasteiger partial charge in [-0.3, -0.25) is 0 Å². The normalized spacial score (nSPS) is 22.0. The molecule has 1 aliphatic heterocycles. The summed E-state index contributed by atoms with van der Waals surface area (Å²) in [6, 6.07) is 2.10. The Bertz CT molecular complexity index is 350. The third-order valence-electron chi connectivity index (χ3n) is 2.67. The van der Waals surface area contributed by atoms with E-state index in [4.69, 9.17) is 5.73 Å². The first-order valence-corrected chi connectivity index (χ1v) is 6.18. The molecular weight excluding hydrogens is 270 g/mol. The van der Waals surface area contributed by atoms with Gasteiger partial charge in [-0.15, -0.1) is 0 Å². The molecule has 6 heteroatoms.